The second-order valence-corrected chi connectivity index (χ2v) is 13.1. The molecule has 2 unspecified atom stereocenters. The molecule has 42 heavy (non-hydrogen) atoms. The predicted molar refractivity (Wildman–Crippen MR) is 177 cm³/mol. The summed E-state index contributed by atoms with van der Waals surface area (Å²) in [5.74, 6) is -2.23. The molecule has 2 atom stereocenters. The van der Waals surface area contributed by atoms with Crippen molar-refractivity contribution in [1.82, 2.24) is 4.90 Å². The van der Waals surface area contributed by atoms with E-state index in [9.17, 15) is 19.8 Å². The van der Waals surface area contributed by atoms with Crippen LogP contribution in [-0.4, -0.2) is 41.1 Å². The van der Waals surface area contributed by atoms with Gasteiger partial charge in [0.15, 0.2) is 0 Å². The Balaban J connectivity index is 2.69. The molecule has 0 bridgehead atoms. The number of carboxylic acid groups (broad SMARTS) is 2. The van der Waals surface area contributed by atoms with Crippen molar-refractivity contribution in [1.29, 1.82) is 0 Å². The summed E-state index contributed by atoms with van der Waals surface area (Å²) in [5.41, 5.74) is 3.19. The van der Waals surface area contributed by atoms with Crippen LogP contribution < -0.4 is 0 Å². The van der Waals surface area contributed by atoms with Crippen LogP contribution >= 0.6 is 0 Å². The zero-order valence-corrected chi connectivity index (χ0v) is 27.8. The molecule has 0 aromatic heterocycles. The highest BCUT2D eigenvalue weighted by atomic mass is 16.4. The van der Waals surface area contributed by atoms with Crippen molar-refractivity contribution in [2.24, 2.45) is 11.8 Å². The van der Waals surface area contributed by atoms with Crippen molar-refractivity contribution in [2.75, 3.05) is 14.1 Å². The molecule has 0 saturated carbocycles. The first kappa shape index (κ1) is 38.1. The van der Waals surface area contributed by atoms with Crippen molar-refractivity contribution in [3.8, 4) is 0 Å². The molecule has 0 amide bonds. The van der Waals surface area contributed by atoms with Crippen molar-refractivity contribution < 1.29 is 19.8 Å². The van der Waals surface area contributed by atoms with E-state index in [-0.39, 0.29) is 0 Å². The largest absolute Gasteiger partial charge is 0.481 e. The van der Waals surface area contributed by atoms with Crippen molar-refractivity contribution in [3.63, 3.8) is 0 Å². The maximum atomic E-state index is 12.2. The van der Waals surface area contributed by atoms with E-state index < -0.39 is 23.8 Å². The summed E-state index contributed by atoms with van der Waals surface area (Å²) in [6.45, 7) is 5.24. The van der Waals surface area contributed by atoms with Crippen molar-refractivity contribution in [3.05, 3.63) is 34.9 Å². The molecule has 1 rings (SSSR count). The Morgan fingerprint density at radius 2 is 0.857 bits per heavy atom. The monoisotopic (exact) mass is 587 g/mol. The van der Waals surface area contributed by atoms with Gasteiger partial charge in [-0.3, -0.25) is 9.59 Å². The van der Waals surface area contributed by atoms with Gasteiger partial charge in [-0.25, -0.2) is 0 Å². The van der Waals surface area contributed by atoms with E-state index in [1.807, 2.05) is 14.1 Å². The molecule has 0 heterocycles. The molecule has 1 aromatic rings. The van der Waals surface area contributed by atoms with Crippen molar-refractivity contribution in [2.45, 2.75) is 162 Å². The van der Waals surface area contributed by atoms with Gasteiger partial charge in [0.05, 0.1) is 11.8 Å². The number of nitrogens with zero attached hydrogens (tertiary/aromatic N) is 1. The average Bonchev–Trinajstić information content (AvgIpc) is 2.93. The first-order valence-electron chi connectivity index (χ1n) is 17.5. The number of unbranched alkanes of at least 4 members (excludes halogenated alkanes) is 16. The standard InChI is InChI=1S/C37H65NO4/c1-5-7-9-11-13-15-17-19-21-23-34(36(39)40)28-31-25-32(27-33(26-31)30-38(3)4)29-35(37(41)42)24-22-20-18-16-14-12-10-8-6-2/h25-27,34-35H,5-24,28-30H2,1-4H3,(H,39,40)(H,41,42). The van der Waals surface area contributed by atoms with Gasteiger partial charge in [0.2, 0.25) is 0 Å². The summed E-state index contributed by atoms with van der Waals surface area (Å²) in [5, 5.41) is 20.0. The predicted octanol–water partition coefficient (Wildman–Crippen LogP) is 10.1. The van der Waals surface area contributed by atoms with E-state index in [1.54, 1.807) is 0 Å². The van der Waals surface area contributed by atoms with Crippen LogP contribution in [0, 0.1) is 11.8 Å². The molecule has 2 N–H and O–H groups in total. The topological polar surface area (TPSA) is 77.8 Å². The lowest BCUT2D eigenvalue weighted by molar-refractivity contribution is -0.142. The maximum Gasteiger partial charge on any atom is 0.306 e. The van der Waals surface area contributed by atoms with Gasteiger partial charge in [0.25, 0.3) is 0 Å². The summed E-state index contributed by atoms with van der Waals surface area (Å²) >= 11 is 0. The Hall–Kier alpha value is -1.88. The smallest absolute Gasteiger partial charge is 0.306 e. The lowest BCUT2D eigenvalue weighted by atomic mass is 9.88. The van der Waals surface area contributed by atoms with Gasteiger partial charge >= 0.3 is 11.9 Å². The van der Waals surface area contributed by atoms with Crippen LogP contribution in [-0.2, 0) is 29.0 Å². The zero-order valence-electron chi connectivity index (χ0n) is 27.8. The minimum absolute atomic E-state index is 0.394. The van der Waals surface area contributed by atoms with Crippen LogP contribution in [0.25, 0.3) is 0 Å². The highest BCUT2D eigenvalue weighted by Crippen LogP contribution is 2.24. The summed E-state index contributed by atoms with van der Waals surface area (Å²) in [6.07, 6.45) is 24.5. The number of carboxylic acids is 2. The molecule has 0 spiro atoms. The fraction of sp³-hybridized carbons (Fsp3) is 0.784. The lowest BCUT2D eigenvalue weighted by Crippen LogP contribution is -2.19. The summed E-state index contributed by atoms with van der Waals surface area (Å²) in [6, 6.07) is 6.34. The molecule has 0 aliphatic carbocycles. The Morgan fingerprint density at radius 3 is 1.17 bits per heavy atom. The Morgan fingerprint density at radius 1 is 0.548 bits per heavy atom. The van der Waals surface area contributed by atoms with Gasteiger partial charge in [-0.2, -0.15) is 0 Å². The fourth-order valence-electron chi connectivity index (χ4n) is 6.13. The number of aliphatic carboxylic acids is 2. The fourth-order valence-corrected chi connectivity index (χ4v) is 6.13. The number of benzene rings is 1. The Kier molecular flexibility index (Phi) is 22.3. The van der Waals surface area contributed by atoms with E-state index in [4.69, 9.17) is 0 Å². The quantitative estimate of drug-likeness (QED) is 0.0954. The molecule has 5 heteroatoms. The number of rotatable bonds is 28. The van der Waals surface area contributed by atoms with Crippen LogP contribution in [0.1, 0.15) is 159 Å². The molecular formula is C37H65NO4. The number of hydrogen-bond acceptors (Lipinski definition) is 3. The van der Waals surface area contributed by atoms with Crippen LogP contribution in [0.15, 0.2) is 18.2 Å². The van der Waals surface area contributed by atoms with Gasteiger partial charge in [0, 0.05) is 6.54 Å². The molecule has 242 valence electrons. The first-order chi connectivity index (χ1) is 20.3. The number of carbonyl (C=O) groups is 2. The minimum Gasteiger partial charge on any atom is -0.481 e. The molecule has 0 saturated heterocycles. The van der Waals surface area contributed by atoms with Gasteiger partial charge in [0.1, 0.15) is 0 Å². The summed E-state index contributed by atoms with van der Waals surface area (Å²) in [7, 11) is 4.06. The zero-order chi connectivity index (χ0) is 31.0. The number of hydrogen-bond donors (Lipinski definition) is 2. The second kappa shape index (κ2) is 24.6. The molecule has 0 aliphatic heterocycles. The molecular weight excluding hydrogens is 522 g/mol. The summed E-state index contributed by atoms with van der Waals surface area (Å²) < 4.78 is 0. The van der Waals surface area contributed by atoms with Gasteiger partial charge in [-0.15, -0.1) is 0 Å². The SMILES string of the molecule is CCCCCCCCCCCC(Cc1cc(CC(CCCCCCCCCCC)C(=O)O)cc(CN(C)C)c1)C(=O)O. The van der Waals surface area contributed by atoms with Crippen LogP contribution in [0.5, 0.6) is 0 Å². The third-order valence-electron chi connectivity index (χ3n) is 8.59. The molecule has 0 fully saturated rings. The van der Waals surface area contributed by atoms with Gasteiger partial charge in [-0.1, -0.05) is 148 Å². The first-order valence-corrected chi connectivity index (χ1v) is 17.5. The maximum absolute atomic E-state index is 12.2. The van der Waals surface area contributed by atoms with E-state index in [0.717, 1.165) is 48.9 Å². The van der Waals surface area contributed by atoms with Crippen LogP contribution in [0.2, 0.25) is 0 Å². The highest BCUT2D eigenvalue weighted by Gasteiger charge is 2.21. The minimum atomic E-state index is -0.720. The molecule has 5 nitrogen and oxygen atoms in total. The van der Waals surface area contributed by atoms with Gasteiger partial charge < -0.3 is 15.1 Å². The lowest BCUT2D eigenvalue weighted by Gasteiger charge is -2.18. The Labute approximate surface area is 258 Å². The van der Waals surface area contributed by atoms with E-state index in [2.05, 4.69) is 36.9 Å². The van der Waals surface area contributed by atoms with Crippen LogP contribution in [0.4, 0.5) is 0 Å². The normalized spacial score (nSPS) is 13.0. The van der Waals surface area contributed by atoms with E-state index in [0.29, 0.717) is 25.7 Å². The Bertz CT molecular complexity index is 777. The molecule has 0 aliphatic rings. The van der Waals surface area contributed by atoms with E-state index >= 15 is 0 Å². The van der Waals surface area contributed by atoms with Gasteiger partial charge in [-0.05, 0) is 56.5 Å². The van der Waals surface area contributed by atoms with Crippen molar-refractivity contribution >= 4 is 11.9 Å². The van der Waals surface area contributed by atoms with Crippen LogP contribution in [0.3, 0.4) is 0 Å². The highest BCUT2D eigenvalue weighted by molar-refractivity contribution is 5.71. The van der Waals surface area contributed by atoms with E-state index in [1.165, 1.54) is 89.9 Å². The third kappa shape index (κ3) is 19.3. The second-order valence-electron chi connectivity index (χ2n) is 13.1. The average molecular weight is 588 g/mol. The summed E-state index contributed by atoms with van der Waals surface area (Å²) in [4.78, 5) is 26.4. The molecule has 0 radical (unpaired) electrons. The third-order valence-corrected chi connectivity index (χ3v) is 8.59. The molecule has 1 aromatic carbocycles.